The van der Waals surface area contributed by atoms with E-state index < -0.39 is 8.32 Å². The summed E-state index contributed by atoms with van der Waals surface area (Å²) in [5, 5.41) is 0. The van der Waals surface area contributed by atoms with Crippen LogP contribution in [-0.2, 0) is 0 Å². The zero-order valence-electron chi connectivity index (χ0n) is 5.19. The first-order chi connectivity index (χ1) is 2.56. The van der Waals surface area contributed by atoms with Crippen LogP contribution >= 0.6 is 0 Å². The molecule has 0 saturated heterocycles. The van der Waals surface area contributed by atoms with Gasteiger partial charge in [0, 0.05) is 0 Å². The van der Waals surface area contributed by atoms with Crippen molar-refractivity contribution in [3.63, 3.8) is 0 Å². The Kier molecular flexibility index (Phi) is 5.97. The summed E-state index contributed by atoms with van der Waals surface area (Å²) in [5.74, 6) is 0. The summed E-state index contributed by atoms with van der Waals surface area (Å²) in [6.45, 7) is 6.80. The second kappa shape index (κ2) is 3.86. The van der Waals surface area contributed by atoms with E-state index in [0.717, 1.165) is 0 Å². The van der Waals surface area contributed by atoms with Gasteiger partial charge in [-0.15, -0.1) is 12.3 Å². The largest absolute Gasteiger partial charge is 1.00 e. The molecule has 0 bridgehead atoms. The van der Waals surface area contributed by atoms with Crippen LogP contribution in [-0.4, -0.2) is 8.32 Å². The molecule has 36 valence electrons. The second-order valence-corrected chi connectivity index (χ2v) is 5.42. The van der Waals surface area contributed by atoms with E-state index in [-0.39, 0.29) is 29.6 Å². The van der Waals surface area contributed by atoms with E-state index >= 15 is 0 Å². The maximum Gasteiger partial charge on any atom is 1.00 e. The van der Waals surface area contributed by atoms with Gasteiger partial charge in [-0.3, -0.25) is 0 Å². The minimum Gasteiger partial charge on any atom is -0.856 e. The summed E-state index contributed by atoms with van der Waals surface area (Å²) in [4.78, 5) is 10.5. The van der Waals surface area contributed by atoms with Crippen LogP contribution in [0.2, 0.25) is 13.1 Å². The van der Waals surface area contributed by atoms with Gasteiger partial charge in [-0.05, 0) is 8.32 Å². The van der Waals surface area contributed by atoms with Crippen molar-refractivity contribution >= 4 is 8.32 Å². The van der Waals surface area contributed by atoms with Crippen molar-refractivity contribution in [2.45, 2.75) is 13.1 Å². The summed E-state index contributed by atoms with van der Waals surface area (Å²) in [6.07, 6.45) is 0. The normalized spacial score (nSPS) is 9.57. The number of rotatable bonds is 1. The van der Waals surface area contributed by atoms with E-state index in [1.807, 2.05) is 0 Å². The maximum atomic E-state index is 10.5. The molecule has 0 heterocycles. The van der Waals surface area contributed by atoms with E-state index in [0.29, 0.717) is 0 Å². The zero-order chi connectivity index (χ0) is 5.21. The molecule has 0 spiro atoms. The fourth-order valence-electron chi connectivity index (χ4n) is 0. The van der Waals surface area contributed by atoms with Crippen LogP contribution in [0, 0.1) is 0 Å². The van der Waals surface area contributed by atoms with E-state index in [1.165, 1.54) is 5.70 Å². The molecule has 7 heavy (non-hydrogen) atoms. The topological polar surface area (TPSA) is 23.1 Å². The van der Waals surface area contributed by atoms with Crippen LogP contribution in [0.5, 0.6) is 0 Å². The van der Waals surface area contributed by atoms with E-state index in [1.54, 1.807) is 13.1 Å². The molecule has 0 N–H and O–H groups in total. The first-order valence-corrected chi connectivity index (χ1v) is 4.89. The standard InChI is InChI=1S/C4H9OSi.Na/c1-4-6(2,3)5;/h4H,1H2,2-3H3;/q-1;+1. The molecule has 0 aliphatic heterocycles. The van der Waals surface area contributed by atoms with E-state index in [9.17, 15) is 4.80 Å². The summed E-state index contributed by atoms with van der Waals surface area (Å²) < 4.78 is 0. The van der Waals surface area contributed by atoms with Crippen LogP contribution in [0.4, 0.5) is 0 Å². The fourth-order valence-corrected chi connectivity index (χ4v) is 0. The summed E-state index contributed by atoms with van der Waals surface area (Å²) in [6, 6.07) is 0. The van der Waals surface area contributed by atoms with Crippen molar-refractivity contribution < 1.29 is 34.4 Å². The van der Waals surface area contributed by atoms with Gasteiger partial charge in [-0.2, -0.15) is 0 Å². The van der Waals surface area contributed by atoms with Crippen LogP contribution in [0.1, 0.15) is 0 Å². The van der Waals surface area contributed by atoms with Gasteiger partial charge in [0.25, 0.3) is 0 Å². The molecule has 1 nitrogen and oxygen atoms in total. The summed E-state index contributed by atoms with van der Waals surface area (Å²) in [5.41, 5.74) is 1.52. The molecule has 0 radical (unpaired) electrons. The minimum absolute atomic E-state index is 0. The quantitative estimate of drug-likeness (QED) is 0.348. The summed E-state index contributed by atoms with van der Waals surface area (Å²) in [7, 11) is -2.12. The first kappa shape index (κ1) is 10.8. The van der Waals surface area contributed by atoms with Crippen molar-refractivity contribution in [2.24, 2.45) is 0 Å². The van der Waals surface area contributed by atoms with Gasteiger partial charge in [-0.25, -0.2) is 0 Å². The van der Waals surface area contributed by atoms with Crippen molar-refractivity contribution in [3.8, 4) is 0 Å². The molecule has 0 aromatic heterocycles. The zero-order valence-corrected chi connectivity index (χ0v) is 8.19. The van der Waals surface area contributed by atoms with Gasteiger partial charge in [0.1, 0.15) is 0 Å². The molecule has 0 amide bonds. The minimum atomic E-state index is -2.12. The van der Waals surface area contributed by atoms with Crippen molar-refractivity contribution in [3.05, 3.63) is 12.3 Å². The Hall–Kier alpha value is 0.917. The number of hydrogen-bond acceptors (Lipinski definition) is 1. The SMILES string of the molecule is C=C[Si](C)(C)[O-].[Na+]. The molecule has 0 unspecified atom stereocenters. The Morgan fingerprint density at radius 3 is 1.71 bits per heavy atom. The van der Waals surface area contributed by atoms with Crippen LogP contribution in [0.15, 0.2) is 12.3 Å². The maximum absolute atomic E-state index is 10.5. The molecule has 0 aromatic rings. The van der Waals surface area contributed by atoms with Gasteiger partial charge in [0.05, 0.1) is 0 Å². The Morgan fingerprint density at radius 1 is 1.57 bits per heavy atom. The molecule has 0 fully saturated rings. The molecule has 0 saturated carbocycles. The van der Waals surface area contributed by atoms with Crippen molar-refractivity contribution in [1.82, 2.24) is 0 Å². The molecular weight excluding hydrogens is 115 g/mol. The van der Waals surface area contributed by atoms with Crippen molar-refractivity contribution in [2.75, 3.05) is 0 Å². The van der Waals surface area contributed by atoms with Gasteiger partial charge >= 0.3 is 29.6 Å². The fraction of sp³-hybridized carbons (Fsp3) is 0.500. The molecule has 0 atom stereocenters. The molecular formula is C4H9NaOSi. The van der Waals surface area contributed by atoms with Crippen LogP contribution in [0.3, 0.4) is 0 Å². The molecule has 0 rings (SSSR count). The van der Waals surface area contributed by atoms with Gasteiger partial charge < -0.3 is 4.80 Å². The number of hydrogen-bond donors (Lipinski definition) is 0. The Morgan fingerprint density at radius 2 is 1.71 bits per heavy atom. The Bertz CT molecular complexity index is 57.2. The summed E-state index contributed by atoms with van der Waals surface area (Å²) >= 11 is 0. The molecule has 0 aliphatic rings. The predicted octanol–water partition coefficient (Wildman–Crippen LogP) is -2.72. The molecule has 0 aromatic carbocycles. The smallest absolute Gasteiger partial charge is 0.856 e. The monoisotopic (exact) mass is 124 g/mol. The Balaban J connectivity index is 0. The van der Waals surface area contributed by atoms with Crippen LogP contribution in [0.25, 0.3) is 0 Å². The first-order valence-electron chi connectivity index (χ1n) is 1.90. The van der Waals surface area contributed by atoms with Crippen molar-refractivity contribution in [1.29, 1.82) is 0 Å². The van der Waals surface area contributed by atoms with Gasteiger partial charge in [0.2, 0.25) is 0 Å². The Labute approximate surface area is 67.9 Å². The third kappa shape index (κ3) is 10.9. The third-order valence-electron chi connectivity index (χ3n) is 0.492. The average Bonchev–Trinajstić information content (AvgIpc) is 1.35. The molecule has 3 heteroatoms. The molecule has 0 aliphatic carbocycles. The van der Waals surface area contributed by atoms with Crippen LogP contribution < -0.4 is 34.4 Å². The van der Waals surface area contributed by atoms with E-state index in [2.05, 4.69) is 6.58 Å². The van der Waals surface area contributed by atoms with Gasteiger partial charge in [-0.1, -0.05) is 13.1 Å². The second-order valence-electron chi connectivity index (χ2n) is 1.81. The van der Waals surface area contributed by atoms with E-state index in [4.69, 9.17) is 0 Å². The third-order valence-corrected chi connectivity index (χ3v) is 1.47. The predicted molar refractivity (Wildman–Crippen MR) is 27.7 cm³/mol. The van der Waals surface area contributed by atoms with Gasteiger partial charge in [0.15, 0.2) is 0 Å². The average molecular weight is 124 g/mol.